The predicted octanol–water partition coefficient (Wildman–Crippen LogP) is 4.37. The molecular formula is C18H15F2N3O2S. The summed E-state index contributed by atoms with van der Waals surface area (Å²) in [5.74, 6) is -0.246. The van der Waals surface area contributed by atoms with Crippen molar-refractivity contribution in [1.82, 2.24) is 10.3 Å². The second-order valence-corrected chi connectivity index (χ2v) is 7.03. The fraction of sp³-hybridized carbons (Fsp3) is 0.222. The van der Waals surface area contributed by atoms with Gasteiger partial charge in [-0.1, -0.05) is 18.2 Å². The molecule has 1 unspecified atom stereocenters. The van der Waals surface area contributed by atoms with Gasteiger partial charge >= 0.3 is 6.61 Å². The zero-order chi connectivity index (χ0) is 18.4. The quantitative estimate of drug-likeness (QED) is 0.714. The molecule has 0 fully saturated rings. The van der Waals surface area contributed by atoms with E-state index in [4.69, 9.17) is 0 Å². The number of carbonyl (C=O) groups is 1. The van der Waals surface area contributed by atoms with Gasteiger partial charge in [-0.15, -0.1) is 11.3 Å². The molecule has 26 heavy (non-hydrogen) atoms. The average molecular weight is 375 g/mol. The van der Waals surface area contributed by atoms with Crippen LogP contribution in [0.2, 0.25) is 0 Å². The summed E-state index contributed by atoms with van der Waals surface area (Å²) < 4.78 is 30.0. The number of amides is 1. The first-order chi connectivity index (χ1) is 12.4. The van der Waals surface area contributed by atoms with Crippen LogP contribution in [0.25, 0.3) is 10.2 Å². The van der Waals surface area contributed by atoms with Crippen LogP contribution in [-0.2, 0) is 0 Å². The van der Waals surface area contributed by atoms with Gasteiger partial charge in [0.1, 0.15) is 21.6 Å². The number of nitrogens with zero attached hydrogens (tertiary/aromatic N) is 1. The number of carbonyl (C=O) groups excluding carboxylic acids is 1. The van der Waals surface area contributed by atoms with Crippen LogP contribution in [0.15, 0.2) is 30.3 Å². The Morgan fingerprint density at radius 1 is 1.23 bits per heavy atom. The number of nitrogens with one attached hydrogen (secondary N) is 2. The summed E-state index contributed by atoms with van der Waals surface area (Å²) >= 11 is 1.31. The molecule has 1 aliphatic rings. The van der Waals surface area contributed by atoms with E-state index >= 15 is 0 Å². The van der Waals surface area contributed by atoms with Gasteiger partial charge in [-0.3, -0.25) is 4.79 Å². The number of benzene rings is 1. The number of halogens is 2. The van der Waals surface area contributed by atoms with Crippen LogP contribution in [0.4, 0.5) is 14.5 Å². The van der Waals surface area contributed by atoms with Crippen LogP contribution >= 0.6 is 11.3 Å². The molecule has 5 nitrogen and oxygen atoms in total. The highest BCUT2D eigenvalue weighted by molar-refractivity contribution is 7.21. The molecule has 4 rings (SSSR count). The van der Waals surface area contributed by atoms with Crippen LogP contribution in [0.3, 0.4) is 0 Å². The molecule has 3 heterocycles. The first kappa shape index (κ1) is 16.7. The third-order valence-electron chi connectivity index (χ3n) is 4.20. The Hall–Kier alpha value is -2.74. The van der Waals surface area contributed by atoms with E-state index in [2.05, 4.69) is 20.4 Å². The Bertz CT molecular complexity index is 1020. The number of aryl methyl sites for hydroxylation is 2. The van der Waals surface area contributed by atoms with E-state index in [1.54, 1.807) is 18.2 Å². The van der Waals surface area contributed by atoms with E-state index in [1.165, 1.54) is 17.4 Å². The van der Waals surface area contributed by atoms with Gasteiger partial charge in [-0.05, 0) is 31.5 Å². The molecule has 8 heteroatoms. The number of anilines is 1. The Morgan fingerprint density at radius 3 is 2.77 bits per heavy atom. The number of pyridine rings is 1. The Kier molecular flexibility index (Phi) is 3.99. The lowest BCUT2D eigenvalue weighted by atomic mass is 10.1. The van der Waals surface area contributed by atoms with Crippen molar-refractivity contribution < 1.29 is 18.3 Å². The first-order valence-electron chi connectivity index (χ1n) is 7.96. The van der Waals surface area contributed by atoms with Crippen molar-refractivity contribution >= 4 is 33.1 Å². The van der Waals surface area contributed by atoms with Crippen LogP contribution in [-0.4, -0.2) is 17.5 Å². The average Bonchev–Trinajstić information content (AvgIpc) is 2.93. The number of rotatable bonds is 3. The highest BCUT2D eigenvalue weighted by atomic mass is 32.1. The summed E-state index contributed by atoms with van der Waals surface area (Å²) in [6.07, 6.45) is -0.677. The molecule has 2 N–H and O–H groups in total. The number of para-hydroxylation sites is 1. The maximum Gasteiger partial charge on any atom is 0.387 e. The standard InChI is InChI=1S/C18H15F2N3O2S/c1-8-7-9(2)21-17-12(8)13-14(26-17)16(24)23-15(22-13)10-5-3-4-6-11(10)25-18(19)20/h3-7,15,18,22H,1-2H3,(H,23,24). The van der Waals surface area contributed by atoms with Crippen LogP contribution in [0, 0.1) is 13.8 Å². The predicted molar refractivity (Wildman–Crippen MR) is 96.0 cm³/mol. The lowest BCUT2D eigenvalue weighted by Crippen LogP contribution is -2.37. The van der Waals surface area contributed by atoms with Gasteiger partial charge in [0.05, 0.1) is 5.69 Å². The van der Waals surface area contributed by atoms with Gasteiger partial charge in [0.15, 0.2) is 0 Å². The van der Waals surface area contributed by atoms with Gasteiger partial charge in [0.2, 0.25) is 0 Å². The number of fused-ring (bicyclic) bond motifs is 3. The molecule has 0 aliphatic carbocycles. The smallest absolute Gasteiger partial charge is 0.387 e. The largest absolute Gasteiger partial charge is 0.434 e. The molecule has 0 saturated carbocycles. The van der Waals surface area contributed by atoms with E-state index < -0.39 is 12.8 Å². The maximum atomic E-state index is 12.7. The maximum absolute atomic E-state index is 12.7. The van der Waals surface area contributed by atoms with Crippen molar-refractivity contribution in [3.05, 3.63) is 52.0 Å². The third kappa shape index (κ3) is 2.76. The molecule has 1 aromatic carbocycles. The van der Waals surface area contributed by atoms with Crippen molar-refractivity contribution in [3.63, 3.8) is 0 Å². The van der Waals surface area contributed by atoms with Gasteiger partial charge < -0.3 is 15.4 Å². The van der Waals surface area contributed by atoms with Crippen LogP contribution < -0.4 is 15.4 Å². The highest BCUT2D eigenvalue weighted by Gasteiger charge is 2.31. The zero-order valence-corrected chi connectivity index (χ0v) is 14.8. The lowest BCUT2D eigenvalue weighted by molar-refractivity contribution is -0.0506. The van der Waals surface area contributed by atoms with Crippen LogP contribution in [0.5, 0.6) is 5.75 Å². The SMILES string of the molecule is Cc1cc(C)c2c3c(sc2n1)C(=O)NC(c1ccccc1OC(F)F)N3. The number of hydrogen-bond acceptors (Lipinski definition) is 5. The molecule has 0 radical (unpaired) electrons. The molecule has 3 aromatic rings. The number of hydrogen-bond donors (Lipinski definition) is 2. The van der Waals surface area contributed by atoms with Gasteiger partial charge in [0, 0.05) is 16.6 Å². The Balaban J connectivity index is 1.81. The monoisotopic (exact) mass is 375 g/mol. The summed E-state index contributed by atoms with van der Waals surface area (Å²) in [5, 5.41) is 6.94. The summed E-state index contributed by atoms with van der Waals surface area (Å²) in [6.45, 7) is 0.919. The molecule has 1 atom stereocenters. The second kappa shape index (κ2) is 6.21. The van der Waals surface area contributed by atoms with E-state index in [1.807, 2.05) is 19.9 Å². The summed E-state index contributed by atoms with van der Waals surface area (Å²) in [6, 6.07) is 8.36. The molecule has 0 bridgehead atoms. The molecule has 1 aliphatic heterocycles. The molecule has 0 spiro atoms. The number of alkyl halides is 2. The van der Waals surface area contributed by atoms with Crippen molar-refractivity contribution in [2.45, 2.75) is 26.6 Å². The molecular weight excluding hydrogens is 360 g/mol. The molecule has 1 amide bonds. The fourth-order valence-electron chi connectivity index (χ4n) is 3.19. The Labute approximate surface area is 152 Å². The zero-order valence-electron chi connectivity index (χ0n) is 14.0. The molecule has 2 aromatic heterocycles. The van der Waals surface area contributed by atoms with Crippen LogP contribution in [0.1, 0.15) is 32.7 Å². The van der Waals surface area contributed by atoms with Gasteiger partial charge in [-0.25, -0.2) is 4.98 Å². The minimum Gasteiger partial charge on any atom is -0.434 e. The van der Waals surface area contributed by atoms with Crippen molar-refractivity contribution in [2.24, 2.45) is 0 Å². The van der Waals surface area contributed by atoms with E-state index in [-0.39, 0.29) is 11.7 Å². The van der Waals surface area contributed by atoms with E-state index in [0.29, 0.717) is 16.1 Å². The summed E-state index contributed by atoms with van der Waals surface area (Å²) in [5.41, 5.74) is 2.99. The number of aromatic nitrogens is 1. The topological polar surface area (TPSA) is 63.2 Å². The minimum atomic E-state index is -2.94. The highest BCUT2D eigenvalue weighted by Crippen LogP contribution is 2.42. The van der Waals surface area contributed by atoms with E-state index in [9.17, 15) is 13.6 Å². The van der Waals surface area contributed by atoms with Crippen molar-refractivity contribution in [1.29, 1.82) is 0 Å². The fourth-order valence-corrected chi connectivity index (χ4v) is 4.36. The second-order valence-electron chi connectivity index (χ2n) is 6.03. The number of thiophene rings is 1. The number of ether oxygens (including phenoxy) is 1. The van der Waals surface area contributed by atoms with E-state index in [0.717, 1.165) is 21.5 Å². The lowest BCUT2D eigenvalue weighted by Gasteiger charge is -2.27. The minimum absolute atomic E-state index is 0.0222. The van der Waals surface area contributed by atoms with Crippen molar-refractivity contribution in [3.8, 4) is 5.75 Å². The van der Waals surface area contributed by atoms with Gasteiger partial charge in [-0.2, -0.15) is 8.78 Å². The van der Waals surface area contributed by atoms with Crippen molar-refractivity contribution in [2.75, 3.05) is 5.32 Å². The Morgan fingerprint density at radius 2 is 2.00 bits per heavy atom. The first-order valence-corrected chi connectivity index (χ1v) is 8.77. The normalized spacial score (nSPS) is 16.3. The van der Waals surface area contributed by atoms with Gasteiger partial charge in [0.25, 0.3) is 5.91 Å². The molecule has 134 valence electrons. The summed E-state index contributed by atoms with van der Waals surface area (Å²) in [4.78, 5) is 18.4. The third-order valence-corrected chi connectivity index (χ3v) is 5.29. The summed E-state index contributed by atoms with van der Waals surface area (Å²) in [7, 11) is 0. The molecule has 0 saturated heterocycles.